The second-order valence-corrected chi connectivity index (χ2v) is 4.83. The lowest BCUT2D eigenvalue weighted by Gasteiger charge is -2.19. The van der Waals surface area contributed by atoms with E-state index >= 15 is 0 Å². The van der Waals surface area contributed by atoms with E-state index in [-0.39, 0.29) is 12.1 Å². The van der Waals surface area contributed by atoms with Crippen molar-refractivity contribution in [1.29, 1.82) is 0 Å². The largest absolute Gasteiger partial charge is 0.486 e. The average molecular weight is 278 g/mol. The molecule has 2 heterocycles. The lowest BCUT2D eigenvalue weighted by molar-refractivity contribution is 0.112. The highest BCUT2D eigenvalue weighted by Crippen LogP contribution is 2.32. The molecule has 1 atom stereocenters. The van der Waals surface area contributed by atoms with Gasteiger partial charge in [0, 0.05) is 24.9 Å². The van der Waals surface area contributed by atoms with E-state index in [1.165, 1.54) is 0 Å². The number of fused-ring (bicyclic) bond motifs is 1. The summed E-state index contributed by atoms with van der Waals surface area (Å²) < 4.78 is 16.3. The van der Waals surface area contributed by atoms with Gasteiger partial charge in [-0.1, -0.05) is 0 Å². The first kappa shape index (κ1) is 13.1. The summed E-state index contributed by atoms with van der Waals surface area (Å²) in [6.45, 7) is 2.41. The molecule has 20 heavy (non-hydrogen) atoms. The van der Waals surface area contributed by atoms with Gasteiger partial charge in [0.15, 0.2) is 11.5 Å². The molecule has 6 heteroatoms. The Morgan fingerprint density at radius 1 is 1.20 bits per heavy atom. The number of hydrogen-bond donors (Lipinski definition) is 2. The van der Waals surface area contributed by atoms with Gasteiger partial charge in [0.1, 0.15) is 13.2 Å². The van der Waals surface area contributed by atoms with Crippen molar-refractivity contribution >= 4 is 11.7 Å². The summed E-state index contributed by atoms with van der Waals surface area (Å²) in [7, 11) is 0. The molecule has 0 aromatic heterocycles. The Morgan fingerprint density at radius 3 is 2.85 bits per heavy atom. The summed E-state index contributed by atoms with van der Waals surface area (Å²) in [4.78, 5) is 11.8. The highest BCUT2D eigenvalue weighted by Gasteiger charge is 2.16. The lowest BCUT2D eigenvalue weighted by atomic mass is 10.2. The minimum atomic E-state index is -0.239. The molecule has 1 fully saturated rings. The van der Waals surface area contributed by atoms with E-state index in [9.17, 15) is 4.79 Å². The van der Waals surface area contributed by atoms with Crippen molar-refractivity contribution < 1.29 is 19.0 Å². The Bertz CT molecular complexity index is 486. The van der Waals surface area contributed by atoms with Crippen molar-refractivity contribution in [3.05, 3.63) is 18.2 Å². The number of rotatable bonds is 3. The van der Waals surface area contributed by atoms with E-state index in [1.807, 2.05) is 0 Å². The van der Waals surface area contributed by atoms with E-state index in [1.54, 1.807) is 18.2 Å². The van der Waals surface area contributed by atoms with Gasteiger partial charge in [-0.2, -0.15) is 0 Å². The van der Waals surface area contributed by atoms with Gasteiger partial charge in [0.25, 0.3) is 0 Å². The van der Waals surface area contributed by atoms with E-state index in [0.717, 1.165) is 19.4 Å². The molecule has 1 saturated heterocycles. The predicted octanol–water partition coefficient (Wildman–Crippen LogP) is 1.76. The third-order valence-corrected chi connectivity index (χ3v) is 3.31. The zero-order chi connectivity index (χ0) is 13.8. The number of urea groups is 1. The smallest absolute Gasteiger partial charge is 0.319 e. The average Bonchev–Trinajstić information content (AvgIpc) is 2.98. The van der Waals surface area contributed by atoms with Crippen molar-refractivity contribution in [3.8, 4) is 11.5 Å². The second-order valence-electron chi connectivity index (χ2n) is 4.83. The summed E-state index contributed by atoms with van der Waals surface area (Å²) in [6.07, 6.45) is 2.21. The molecule has 2 aliphatic rings. The Hall–Kier alpha value is -1.95. The van der Waals surface area contributed by atoms with Crippen LogP contribution in [0.15, 0.2) is 18.2 Å². The van der Waals surface area contributed by atoms with Gasteiger partial charge >= 0.3 is 6.03 Å². The van der Waals surface area contributed by atoms with Crippen LogP contribution in [0.1, 0.15) is 12.8 Å². The number of amides is 2. The highest BCUT2D eigenvalue weighted by molar-refractivity contribution is 5.89. The fourth-order valence-electron chi connectivity index (χ4n) is 2.31. The van der Waals surface area contributed by atoms with Gasteiger partial charge in [-0.05, 0) is 25.0 Å². The molecule has 2 aliphatic heterocycles. The van der Waals surface area contributed by atoms with Gasteiger partial charge in [0.2, 0.25) is 0 Å². The highest BCUT2D eigenvalue weighted by atomic mass is 16.6. The Labute approximate surface area is 117 Å². The van der Waals surface area contributed by atoms with Crippen LogP contribution in [0.4, 0.5) is 10.5 Å². The standard InChI is InChI=1S/C14H18N2O4/c17-14(15-9-11-2-1-5-18-11)16-10-3-4-12-13(8-10)20-7-6-19-12/h3-4,8,11H,1-2,5-7,9H2,(H2,15,16,17). The first-order valence-corrected chi connectivity index (χ1v) is 6.87. The minimum absolute atomic E-state index is 0.140. The van der Waals surface area contributed by atoms with E-state index in [2.05, 4.69) is 10.6 Å². The molecule has 6 nitrogen and oxygen atoms in total. The van der Waals surface area contributed by atoms with Gasteiger partial charge in [-0.15, -0.1) is 0 Å². The predicted molar refractivity (Wildman–Crippen MR) is 73.4 cm³/mol. The van der Waals surface area contributed by atoms with Crippen LogP contribution in [0.5, 0.6) is 11.5 Å². The molecule has 0 saturated carbocycles. The Balaban J connectivity index is 1.52. The van der Waals surface area contributed by atoms with Crippen molar-refractivity contribution in [2.75, 3.05) is 31.7 Å². The number of ether oxygens (including phenoxy) is 3. The summed E-state index contributed by atoms with van der Waals surface area (Å²) in [5.74, 6) is 1.37. The maximum atomic E-state index is 11.8. The van der Waals surface area contributed by atoms with Gasteiger partial charge in [-0.25, -0.2) is 4.79 Å². The fourth-order valence-corrected chi connectivity index (χ4v) is 2.31. The van der Waals surface area contributed by atoms with Crippen LogP contribution in [0, 0.1) is 0 Å². The quantitative estimate of drug-likeness (QED) is 0.884. The van der Waals surface area contributed by atoms with Crippen molar-refractivity contribution in [1.82, 2.24) is 5.32 Å². The summed E-state index contributed by atoms with van der Waals surface area (Å²) in [6, 6.07) is 5.11. The minimum Gasteiger partial charge on any atom is -0.486 e. The summed E-state index contributed by atoms with van der Waals surface area (Å²) >= 11 is 0. The Kier molecular flexibility index (Phi) is 3.92. The second kappa shape index (κ2) is 6.00. The van der Waals surface area contributed by atoms with Gasteiger partial charge < -0.3 is 24.8 Å². The third kappa shape index (κ3) is 3.14. The van der Waals surface area contributed by atoms with Gasteiger partial charge in [0.05, 0.1) is 6.10 Å². The van der Waals surface area contributed by atoms with E-state index in [0.29, 0.717) is 36.9 Å². The van der Waals surface area contributed by atoms with Crippen LogP contribution in [-0.2, 0) is 4.74 Å². The molecule has 0 bridgehead atoms. The van der Waals surface area contributed by atoms with Crippen molar-refractivity contribution in [3.63, 3.8) is 0 Å². The molecule has 0 radical (unpaired) electrons. The first-order chi connectivity index (χ1) is 9.81. The molecule has 1 aromatic rings. The Morgan fingerprint density at radius 2 is 2.05 bits per heavy atom. The maximum absolute atomic E-state index is 11.8. The number of anilines is 1. The molecule has 2 amide bonds. The zero-order valence-electron chi connectivity index (χ0n) is 11.2. The zero-order valence-corrected chi connectivity index (χ0v) is 11.2. The molecular weight excluding hydrogens is 260 g/mol. The van der Waals surface area contributed by atoms with Crippen LogP contribution in [0.25, 0.3) is 0 Å². The number of carbonyl (C=O) groups excluding carboxylic acids is 1. The molecular formula is C14H18N2O4. The van der Waals surface area contributed by atoms with E-state index in [4.69, 9.17) is 14.2 Å². The first-order valence-electron chi connectivity index (χ1n) is 6.87. The SMILES string of the molecule is O=C(NCC1CCCO1)Nc1ccc2c(c1)OCCO2. The van der Waals surface area contributed by atoms with Crippen LogP contribution in [0.3, 0.4) is 0 Å². The maximum Gasteiger partial charge on any atom is 0.319 e. The number of benzene rings is 1. The van der Waals surface area contributed by atoms with Crippen LogP contribution in [-0.4, -0.2) is 38.5 Å². The molecule has 108 valence electrons. The normalized spacial score (nSPS) is 20.5. The molecule has 2 N–H and O–H groups in total. The summed E-state index contributed by atoms with van der Waals surface area (Å²) in [5, 5.41) is 5.58. The molecule has 3 rings (SSSR count). The molecule has 1 unspecified atom stereocenters. The van der Waals surface area contributed by atoms with Crippen molar-refractivity contribution in [2.45, 2.75) is 18.9 Å². The molecule has 1 aromatic carbocycles. The number of hydrogen-bond acceptors (Lipinski definition) is 4. The van der Waals surface area contributed by atoms with Crippen LogP contribution >= 0.6 is 0 Å². The van der Waals surface area contributed by atoms with Crippen LogP contribution in [0.2, 0.25) is 0 Å². The lowest BCUT2D eigenvalue weighted by Crippen LogP contribution is -2.35. The topological polar surface area (TPSA) is 68.8 Å². The molecule has 0 aliphatic carbocycles. The monoisotopic (exact) mass is 278 g/mol. The summed E-state index contributed by atoms with van der Waals surface area (Å²) in [5.41, 5.74) is 0.680. The molecule has 0 spiro atoms. The third-order valence-electron chi connectivity index (χ3n) is 3.31. The van der Waals surface area contributed by atoms with Crippen molar-refractivity contribution in [2.24, 2.45) is 0 Å². The van der Waals surface area contributed by atoms with Gasteiger partial charge in [-0.3, -0.25) is 0 Å². The fraction of sp³-hybridized carbons (Fsp3) is 0.500. The van der Waals surface area contributed by atoms with E-state index < -0.39 is 0 Å². The van der Waals surface area contributed by atoms with Crippen LogP contribution < -0.4 is 20.1 Å². The number of nitrogens with one attached hydrogen (secondary N) is 2. The number of carbonyl (C=O) groups is 1.